The van der Waals surface area contributed by atoms with Gasteiger partial charge in [0.2, 0.25) is 0 Å². The van der Waals surface area contributed by atoms with Gasteiger partial charge in [0, 0.05) is 11.2 Å². The number of amides is 1. The molecule has 0 saturated carbocycles. The smallest absolute Gasteiger partial charge is 0.412 e. The molecule has 1 amide bonds. The Hall–Kier alpha value is -1.55. The molecule has 1 aromatic rings. The predicted octanol–water partition coefficient (Wildman–Crippen LogP) is 4.01. The standard InChI is InChI=1S/C17H28N2O2/c1-12-7-8-13(9-10-17(5,6)18)11-14(12)19-15(20)21-16(2,3)4/h7-8,11H,9-10,18H2,1-6H3,(H,19,20). The zero-order valence-electron chi connectivity index (χ0n) is 14.0. The quantitative estimate of drug-likeness (QED) is 0.881. The first-order valence-corrected chi connectivity index (χ1v) is 7.35. The molecule has 4 nitrogen and oxygen atoms in total. The summed E-state index contributed by atoms with van der Waals surface area (Å²) < 4.78 is 5.28. The van der Waals surface area contributed by atoms with Crippen LogP contribution >= 0.6 is 0 Å². The van der Waals surface area contributed by atoms with Crippen molar-refractivity contribution in [3.8, 4) is 0 Å². The highest BCUT2D eigenvalue weighted by Crippen LogP contribution is 2.20. The lowest BCUT2D eigenvalue weighted by Crippen LogP contribution is -2.32. The average molecular weight is 292 g/mol. The van der Waals surface area contributed by atoms with Gasteiger partial charge in [-0.1, -0.05) is 12.1 Å². The van der Waals surface area contributed by atoms with E-state index in [9.17, 15) is 4.79 Å². The Labute approximate surface area is 128 Å². The van der Waals surface area contributed by atoms with Crippen molar-refractivity contribution in [2.75, 3.05) is 5.32 Å². The van der Waals surface area contributed by atoms with Gasteiger partial charge in [-0.05, 0) is 71.6 Å². The molecule has 0 aliphatic carbocycles. The van der Waals surface area contributed by atoms with Gasteiger partial charge in [-0.15, -0.1) is 0 Å². The number of nitrogens with two attached hydrogens (primary N) is 1. The average Bonchev–Trinajstić information content (AvgIpc) is 2.26. The minimum atomic E-state index is -0.501. The van der Waals surface area contributed by atoms with E-state index in [2.05, 4.69) is 11.4 Å². The summed E-state index contributed by atoms with van der Waals surface area (Å²) in [7, 11) is 0. The first kappa shape index (κ1) is 17.5. The topological polar surface area (TPSA) is 64.3 Å². The number of rotatable bonds is 4. The molecule has 4 heteroatoms. The Balaban J connectivity index is 2.76. The Morgan fingerprint density at radius 1 is 1.24 bits per heavy atom. The molecule has 0 bridgehead atoms. The third-order valence-corrected chi connectivity index (χ3v) is 3.00. The first-order chi connectivity index (χ1) is 9.46. The Morgan fingerprint density at radius 3 is 2.38 bits per heavy atom. The summed E-state index contributed by atoms with van der Waals surface area (Å²) in [5, 5.41) is 2.81. The molecule has 0 unspecified atom stereocenters. The summed E-state index contributed by atoms with van der Waals surface area (Å²) in [5.74, 6) is 0. The van der Waals surface area contributed by atoms with Crippen LogP contribution < -0.4 is 11.1 Å². The van der Waals surface area contributed by atoms with Crippen LogP contribution in [-0.2, 0) is 11.2 Å². The molecule has 0 radical (unpaired) electrons. The number of carbonyl (C=O) groups is 1. The maximum absolute atomic E-state index is 11.9. The molecule has 1 aromatic carbocycles. The van der Waals surface area contributed by atoms with E-state index in [1.165, 1.54) is 0 Å². The fourth-order valence-electron chi connectivity index (χ4n) is 1.84. The lowest BCUT2D eigenvalue weighted by atomic mass is 9.96. The highest BCUT2D eigenvalue weighted by Gasteiger charge is 2.17. The van der Waals surface area contributed by atoms with Crippen molar-refractivity contribution in [2.45, 2.75) is 65.5 Å². The second-order valence-corrected chi connectivity index (χ2v) is 7.26. The number of anilines is 1. The summed E-state index contributed by atoms with van der Waals surface area (Å²) in [5.41, 5.74) is 8.28. The summed E-state index contributed by atoms with van der Waals surface area (Å²) >= 11 is 0. The van der Waals surface area contributed by atoms with E-state index in [1.54, 1.807) is 0 Å². The van der Waals surface area contributed by atoms with E-state index >= 15 is 0 Å². The Bertz CT molecular complexity index is 496. The number of benzene rings is 1. The molecule has 0 fully saturated rings. The zero-order chi connectivity index (χ0) is 16.3. The largest absolute Gasteiger partial charge is 0.444 e. The molecule has 3 N–H and O–H groups in total. The first-order valence-electron chi connectivity index (χ1n) is 7.35. The molecule has 0 saturated heterocycles. The van der Waals surface area contributed by atoms with Crippen molar-refractivity contribution < 1.29 is 9.53 Å². The molecular formula is C17H28N2O2. The SMILES string of the molecule is Cc1ccc(CCC(C)(C)N)cc1NC(=O)OC(C)(C)C. The van der Waals surface area contributed by atoms with E-state index < -0.39 is 11.7 Å². The number of aryl methyl sites for hydroxylation is 2. The number of ether oxygens (including phenoxy) is 1. The van der Waals surface area contributed by atoms with Crippen LogP contribution in [0.3, 0.4) is 0 Å². The number of hydrogen-bond acceptors (Lipinski definition) is 3. The van der Waals surface area contributed by atoms with Crippen molar-refractivity contribution in [3.05, 3.63) is 29.3 Å². The second kappa shape index (κ2) is 6.48. The normalized spacial score (nSPS) is 12.1. The van der Waals surface area contributed by atoms with Crippen LogP contribution in [-0.4, -0.2) is 17.2 Å². The van der Waals surface area contributed by atoms with Crippen LogP contribution in [0, 0.1) is 6.92 Å². The van der Waals surface area contributed by atoms with Gasteiger partial charge in [0.25, 0.3) is 0 Å². The molecule has 0 aliphatic rings. The maximum Gasteiger partial charge on any atom is 0.412 e. The molecule has 118 valence electrons. The number of hydrogen-bond donors (Lipinski definition) is 2. The minimum absolute atomic E-state index is 0.191. The van der Waals surface area contributed by atoms with Gasteiger partial charge in [0.1, 0.15) is 5.60 Å². The van der Waals surface area contributed by atoms with Gasteiger partial charge in [-0.3, -0.25) is 5.32 Å². The van der Waals surface area contributed by atoms with E-state index in [0.717, 1.165) is 29.7 Å². The van der Waals surface area contributed by atoms with Gasteiger partial charge < -0.3 is 10.5 Å². The van der Waals surface area contributed by atoms with Crippen LogP contribution in [0.5, 0.6) is 0 Å². The number of carbonyl (C=O) groups excluding carboxylic acids is 1. The van der Waals surface area contributed by atoms with Gasteiger partial charge in [-0.2, -0.15) is 0 Å². The van der Waals surface area contributed by atoms with E-state index in [1.807, 2.05) is 53.7 Å². The van der Waals surface area contributed by atoms with Crippen LogP contribution in [0.25, 0.3) is 0 Å². The third kappa shape index (κ3) is 7.14. The summed E-state index contributed by atoms with van der Waals surface area (Å²) in [6.07, 6.45) is 1.34. The van der Waals surface area contributed by atoms with Crippen molar-refractivity contribution in [2.24, 2.45) is 5.73 Å². The monoisotopic (exact) mass is 292 g/mol. The fourth-order valence-corrected chi connectivity index (χ4v) is 1.84. The van der Waals surface area contributed by atoms with Crippen molar-refractivity contribution in [3.63, 3.8) is 0 Å². The summed E-state index contributed by atoms with van der Waals surface area (Å²) in [4.78, 5) is 11.9. The Morgan fingerprint density at radius 2 is 1.86 bits per heavy atom. The predicted molar refractivity (Wildman–Crippen MR) is 87.6 cm³/mol. The molecule has 0 aliphatic heterocycles. The third-order valence-electron chi connectivity index (χ3n) is 3.00. The lowest BCUT2D eigenvalue weighted by molar-refractivity contribution is 0.0636. The zero-order valence-corrected chi connectivity index (χ0v) is 14.0. The molecule has 21 heavy (non-hydrogen) atoms. The second-order valence-electron chi connectivity index (χ2n) is 7.26. The van der Waals surface area contributed by atoms with Gasteiger partial charge in [-0.25, -0.2) is 4.79 Å². The molecule has 1 rings (SSSR count). The van der Waals surface area contributed by atoms with Crippen molar-refractivity contribution in [1.29, 1.82) is 0 Å². The van der Waals surface area contributed by atoms with Crippen LogP contribution in [0.2, 0.25) is 0 Å². The Kier molecular flexibility index (Phi) is 5.40. The van der Waals surface area contributed by atoms with E-state index in [0.29, 0.717) is 0 Å². The molecule has 0 aromatic heterocycles. The van der Waals surface area contributed by atoms with Gasteiger partial charge in [0.15, 0.2) is 0 Å². The van der Waals surface area contributed by atoms with Crippen LogP contribution in [0.4, 0.5) is 10.5 Å². The van der Waals surface area contributed by atoms with Gasteiger partial charge >= 0.3 is 6.09 Å². The van der Waals surface area contributed by atoms with Crippen LogP contribution in [0.1, 0.15) is 52.2 Å². The fraction of sp³-hybridized carbons (Fsp3) is 0.588. The highest BCUT2D eigenvalue weighted by molar-refractivity contribution is 5.86. The van der Waals surface area contributed by atoms with Crippen molar-refractivity contribution >= 4 is 11.8 Å². The van der Waals surface area contributed by atoms with Crippen LogP contribution in [0.15, 0.2) is 18.2 Å². The lowest BCUT2D eigenvalue weighted by Gasteiger charge is -2.21. The maximum atomic E-state index is 11.9. The van der Waals surface area contributed by atoms with E-state index in [-0.39, 0.29) is 5.54 Å². The van der Waals surface area contributed by atoms with Gasteiger partial charge in [0.05, 0.1) is 0 Å². The molecule has 0 heterocycles. The highest BCUT2D eigenvalue weighted by atomic mass is 16.6. The van der Waals surface area contributed by atoms with Crippen molar-refractivity contribution in [1.82, 2.24) is 0 Å². The minimum Gasteiger partial charge on any atom is -0.444 e. The summed E-state index contributed by atoms with van der Waals surface area (Å²) in [6.45, 7) is 11.5. The molecule has 0 atom stereocenters. The summed E-state index contributed by atoms with van der Waals surface area (Å²) in [6, 6.07) is 6.07. The van der Waals surface area contributed by atoms with E-state index in [4.69, 9.17) is 10.5 Å². The molecular weight excluding hydrogens is 264 g/mol. The number of nitrogens with one attached hydrogen (secondary N) is 1. The molecule has 0 spiro atoms.